The van der Waals surface area contributed by atoms with Gasteiger partial charge in [0.2, 0.25) is 10.0 Å². The largest absolute Gasteiger partial charge is 0.496 e. The van der Waals surface area contributed by atoms with E-state index in [1.165, 1.54) is 29.6 Å². The second kappa shape index (κ2) is 7.82. The average Bonchev–Trinajstić information content (AvgIpc) is 3.21. The van der Waals surface area contributed by atoms with E-state index >= 15 is 0 Å². The molecule has 1 saturated heterocycles. The van der Waals surface area contributed by atoms with Gasteiger partial charge in [0.05, 0.1) is 42.5 Å². The molecule has 3 aromatic rings. The van der Waals surface area contributed by atoms with Crippen LogP contribution >= 0.6 is 0 Å². The van der Waals surface area contributed by atoms with Crippen molar-refractivity contribution in [2.24, 2.45) is 0 Å². The van der Waals surface area contributed by atoms with E-state index in [9.17, 15) is 13.2 Å². The van der Waals surface area contributed by atoms with Gasteiger partial charge >= 0.3 is 0 Å². The summed E-state index contributed by atoms with van der Waals surface area (Å²) >= 11 is 0. The monoisotopic (exact) mass is 416 g/mol. The number of fused-ring (bicyclic) bond motifs is 1. The predicted octanol–water partition coefficient (Wildman–Crippen LogP) is 1.84. The molecule has 29 heavy (non-hydrogen) atoms. The zero-order valence-corrected chi connectivity index (χ0v) is 16.5. The number of nitrogens with one attached hydrogen (secondary N) is 2. The number of hydrogen-bond donors (Lipinski definition) is 2. The second-order valence-corrected chi connectivity index (χ2v) is 8.44. The number of hydrogen-bond acceptors (Lipinski definition) is 6. The molecule has 0 bridgehead atoms. The van der Waals surface area contributed by atoms with Gasteiger partial charge in [-0.2, -0.15) is 9.40 Å². The highest BCUT2D eigenvalue weighted by Crippen LogP contribution is 2.26. The molecule has 4 rings (SSSR count). The molecule has 2 N–H and O–H groups in total. The van der Waals surface area contributed by atoms with Crippen LogP contribution < -0.4 is 10.1 Å². The number of methoxy groups -OCH3 is 1. The minimum atomic E-state index is -3.73. The number of carbonyl (C=O) groups is 1. The molecule has 2 heterocycles. The second-order valence-electron chi connectivity index (χ2n) is 6.50. The summed E-state index contributed by atoms with van der Waals surface area (Å²) in [7, 11) is -2.30. The molecule has 0 radical (unpaired) electrons. The summed E-state index contributed by atoms with van der Waals surface area (Å²) in [4.78, 5) is 12.9. The molecular weight excluding hydrogens is 396 g/mol. The molecule has 1 amide bonds. The molecule has 0 atom stereocenters. The number of aromatic nitrogens is 2. The van der Waals surface area contributed by atoms with Crippen LogP contribution in [0.3, 0.4) is 0 Å². The molecule has 0 unspecified atom stereocenters. The SMILES string of the molecule is COc1ccc(S(=O)(=O)N2CCOCC2)cc1C(=O)Nc1ccc2[nH]ncc2c1. The minimum absolute atomic E-state index is 0.0376. The molecular formula is C19H20N4O5S. The number of morpholine rings is 1. The first-order valence-electron chi connectivity index (χ1n) is 8.99. The Morgan fingerprint density at radius 3 is 2.76 bits per heavy atom. The van der Waals surface area contributed by atoms with Crippen LogP contribution in [0, 0.1) is 0 Å². The number of ether oxygens (including phenoxy) is 2. The number of nitrogens with zero attached hydrogens (tertiary/aromatic N) is 2. The van der Waals surface area contributed by atoms with Gasteiger partial charge in [-0.25, -0.2) is 8.42 Å². The summed E-state index contributed by atoms with van der Waals surface area (Å²) in [6, 6.07) is 9.58. The number of sulfonamides is 1. The number of carbonyl (C=O) groups excluding carboxylic acids is 1. The van der Waals surface area contributed by atoms with Crippen molar-refractivity contribution < 1.29 is 22.7 Å². The predicted molar refractivity (Wildman–Crippen MR) is 107 cm³/mol. The summed E-state index contributed by atoms with van der Waals surface area (Å²) in [5.74, 6) is -0.184. The van der Waals surface area contributed by atoms with Gasteiger partial charge in [-0.3, -0.25) is 9.89 Å². The van der Waals surface area contributed by atoms with Gasteiger partial charge in [0.15, 0.2) is 0 Å². The Bertz CT molecular complexity index is 1150. The van der Waals surface area contributed by atoms with Gasteiger partial charge in [0.25, 0.3) is 5.91 Å². The number of amides is 1. The van der Waals surface area contributed by atoms with Gasteiger partial charge in [0.1, 0.15) is 5.75 Å². The highest BCUT2D eigenvalue weighted by Gasteiger charge is 2.28. The molecule has 10 heteroatoms. The molecule has 0 aliphatic carbocycles. The van der Waals surface area contributed by atoms with Crippen molar-refractivity contribution in [2.75, 3.05) is 38.7 Å². The first kappa shape index (κ1) is 19.4. The van der Waals surface area contributed by atoms with Gasteiger partial charge in [0, 0.05) is 24.2 Å². The van der Waals surface area contributed by atoms with E-state index in [2.05, 4.69) is 15.5 Å². The highest BCUT2D eigenvalue weighted by molar-refractivity contribution is 7.89. The third-order valence-corrected chi connectivity index (χ3v) is 6.62. The lowest BCUT2D eigenvalue weighted by Gasteiger charge is -2.26. The van der Waals surface area contributed by atoms with Crippen molar-refractivity contribution in [3.63, 3.8) is 0 Å². The summed E-state index contributed by atoms with van der Waals surface area (Å²) in [5, 5.41) is 10.4. The van der Waals surface area contributed by atoms with E-state index in [1.807, 2.05) is 0 Å². The molecule has 152 valence electrons. The van der Waals surface area contributed by atoms with E-state index in [1.54, 1.807) is 24.4 Å². The quantitative estimate of drug-likeness (QED) is 0.656. The Kier molecular flexibility index (Phi) is 5.22. The number of benzene rings is 2. The van der Waals surface area contributed by atoms with Crippen molar-refractivity contribution in [1.29, 1.82) is 0 Å². The van der Waals surface area contributed by atoms with Crippen LogP contribution in [0.1, 0.15) is 10.4 Å². The minimum Gasteiger partial charge on any atom is -0.496 e. The first-order chi connectivity index (χ1) is 14.0. The van der Waals surface area contributed by atoms with Crippen molar-refractivity contribution in [2.45, 2.75) is 4.90 Å². The van der Waals surface area contributed by atoms with Crippen molar-refractivity contribution in [3.8, 4) is 5.75 Å². The van der Waals surface area contributed by atoms with Crippen LogP contribution in [0.5, 0.6) is 5.75 Å². The van der Waals surface area contributed by atoms with Crippen LogP contribution in [-0.4, -0.2) is 62.2 Å². The molecule has 2 aromatic carbocycles. The highest BCUT2D eigenvalue weighted by atomic mass is 32.2. The van der Waals surface area contributed by atoms with Crippen LogP contribution in [0.4, 0.5) is 5.69 Å². The summed E-state index contributed by atoms with van der Waals surface area (Å²) in [5.41, 5.74) is 1.54. The summed E-state index contributed by atoms with van der Waals surface area (Å²) in [6.07, 6.45) is 1.65. The number of aromatic amines is 1. The van der Waals surface area contributed by atoms with Gasteiger partial charge in [-0.15, -0.1) is 0 Å². The Balaban J connectivity index is 1.64. The van der Waals surface area contributed by atoms with E-state index in [4.69, 9.17) is 9.47 Å². The Morgan fingerprint density at radius 1 is 1.21 bits per heavy atom. The lowest BCUT2D eigenvalue weighted by molar-refractivity contribution is 0.0730. The molecule has 1 aliphatic rings. The van der Waals surface area contributed by atoms with E-state index < -0.39 is 15.9 Å². The smallest absolute Gasteiger partial charge is 0.259 e. The number of rotatable bonds is 5. The van der Waals surface area contributed by atoms with Crippen LogP contribution in [-0.2, 0) is 14.8 Å². The van der Waals surface area contributed by atoms with E-state index in [-0.39, 0.29) is 29.3 Å². The molecule has 9 nitrogen and oxygen atoms in total. The standard InChI is InChI=1S/C19H20N4O5S/c1-27-18-5-3-15(29(25,26)23-6-8-28-9-7-23)11-16(18)19(24)21-14-2-4-17-13(10-14)12-20-22-17/h2-5,10-12H,6-9H2,1H3,(H,20,22)(H,21,24). The van der Waals surface area contributed by atoms with Crippen LogP contribution in [0.2, 0.25) is 0 Å². The normalized spacial score (nSPS) is 15.3. The number of anilines is 1. The lowest BCUT2D eigenvalue weighted by Crippen LogP contribution is -2.40. The van der Waals surface area contributed by atoms with Crippen LogP contribution in [0.15, 0.2) is 47.5 Å². The molecule has 1 aromatic heterocycles. The third-order valence-electron chi connectivity index (χ3n) is 4.72. The first-order valence-corrected chi connectivity index (χ1v) is 10.4. The van der Waals surface area contributed by atoms with Gasteiger partial charge in [-0.05, 0) is 36.4 Å². The fourth-order valence-corrected chi connectivity index (χ4v) is 4.61. The zero-order chi connectivity index (χ0) is 20.4. The summed E-state index contributed by atoms with van der Waals surface area (Å²) in [6.45, 7) is 1.25. The molecule has 1 fully saturated rings. The topological polar surface area (TPSA) is 114 Å². The Hall–Kier alpha value is -2.95. The zero-order valence-electron chi connectivity index (χ0n) is 15.7. The fraction of sp³-hybridized carbons (Fsp3) is 0.263. The van der Waals surface area contributed by atoms with Crippen LogP contribution in [0.25, 0.3) is 10.9 Å². The maximum absolute atomic E-state index is 12.9. The molecule has 1 aliphatic heterocycles. The lowest BCUT2D eigenvalue weighted by atomic mass is 10.1. The fourth-order valence-electron chi connectivity index (χ4n) is 3.18. The van der Waals surface area contributed by atoms with Crippen molar-refractivity contribution >= 4 is 32.5 Å². The van der Waals surface area contributed by atoms with Gasteiger partial charge < -0.3 is 14.8 Å². The molecule has 0 spiro atoms. The number of H-pyrrole nitrogens is 1. The maximum Gasteiger partial charge on any atom is 0.259 e. The Morgan fingerprint density at radius 2 is 2.00 bits per heavy atom. The Labute approximate surface area is 167 Å². The summed E-state index contributed by atoms with van der Waals surface area (Å²) < 4.78 is 37.7. The maximum atomic E-state index is 12.9. The van der Waals surface area contributed by atoms with Crippen molar-refractivity contribution in [1.82, 2.24) is 14.5 Å². The van der Waals surface area contributed by atoms with E-state index in [0.29, 0.717) is 18.9 Å². The van der Waals surface area contributed by atoms with Gasteiger partial charge in [-0.1, -0.05) is 0 Å². The molecule has 0 saturated carbocycles. The van der Waals surface area contributed by atoms with Crippen molar-refractivity contribution in [3.05, 3.63) is 48.2 Å². The third kappa shape index (κ3) is 3.82. The van der Waals surface area contributed by atoms with E-state index in [0.717, 1.165) is 10.9 Å². The average molecular weight is 416 g/mol.